The lowest BCUT2D eigenvalue weighted by Gasteiger charge is -2.25. The van der Waals surface area contributed by atoms with Crippen LogP contribution in [0.3, 0.4) is 0 Å². The highest BCUT2D eigenvalue weighted by Crippen LogP contribution is 2.18. The smallest absolute Gasteiger partial charge is 0.271 e. The molecule has 0 unspecified atom stereocenters. The lowest BCUT2D eigenvalue weighted by atomic mass is 10.1. The van der Waals surface area contributed by atoms with Crippen molar-refractivity contribution in [3.8, 4) is 0 Å². The van der Waals surface area contributed by atoms with Gasteiger partial charge >= 0.3 is 0 Å². The molecule has 1 heterocycles. The van der Waals surface area contributed by atoms with E-state index in [-0.39, 0.29) is 29.0 Å². The normalized spacial score (nSPS) is 12.2. The van der Waals surface area contributed by atoms with Crippen molar-refractivity contribution in [2.75, 3.05) is 20.6 Å². The van der Waals surface area contributed by atoms with E-state index in [0.717, 1.165) is 12.0 Å². The van der Waals surface area contributed by atoms with Crippen LogP contribution in [0.25, 0.3) is 0 Å². The summed E-state index contributed by atoms with van der Waals surface area (Å²) in [4.78, 5) is 25.9. The van der Waals surface area contributed by atoms with E-state index in [9.17, 15) is 14.0 Å². The van der Waals surface area contributed by atoms with Gasteiger partial charge in [0, 0.05) is 19.2 Å². The van der Waals surface area contributed by atoms with Crippen molar-refractivity contribution in [3.05, 3.63) is 63.8 Å². The van der Waals surface area contributed by atoms with Crippen molar-refractivity contribution < 1.29 is 9.18 Å². The number of benzene rings is 1. The van der Waals surface area contributed by atoms with Crippen molar-refractivity contribution >= 4 is 5.91 Å². The summed E-state index contributed by atoms with van der Waals surface area (Å²) in [6.07, 6.45) is 0.750. The summed E-state index contributed by atoms with van der Waals surface area (Å²) in [5, 5.41) is 6.90. The van der Waals surface area contributed by atoms with Gasteiger partial charge in [0.05, 0.1) is 6.04 Å². The number of likely N-dealkylation sites (N-methyl/N-ethyl adjacent to an activating group) is 1. The molecule has 1 atom stereocenters. The molecule has 1 amide bonds. The monoisotopic (exact) mass is 346 g/mol. The summed E-state index contributed by atoms with van der Waals surface area (Å²) in [5.74, 6) is -0.683. The van der Waals surface area contributed by atoms with Crippen LogP contribution >= 0.6 is 0 Å². The molecule has 1 aromatic heterocycles. The van der Waals surface area contributed by atoms with Crippen LogP contribution in [-0.2, 0) is 6.54 Å². The highest BCUT2D eigenvalue weighted by Gasteiger charge is 2.17. The lowest BCUT2D eigenvalue weighted by molar-refractivity contribution is 0.0934. The minimum Gasteiger partial charge on any atom is -0.349 e. The summed E-state index contributed by atoms with van der Waals surface area (Å²) in [5.41, 5.74) is 0.725. The fourth-order valence-corrected chi connectivity index (χ4v) is 2.53. The molecule has 134 valence electrons. The third kappa shape index (κ3) is 4.96. The first-order valence-electron chi connectivity index (χ1n) is 8.20. The van der Waals surface area contributed by atoms with Gasteiger partial charge < -0.3 is 10.2 Å². The van der Waals surface area contributed by atoms with E-state index >= 15 is 0 Å². The molecule has 2 aromatic rings. The van der Waals surface area contributed by atoms with Gasteiger partial charge in [-0.25, -0.2) is 9.07 Å². The van der Waals surface area contributed by atoms with E-state index in [4.69, 9.17) is 0 Å². The second-order valence-corrected chi connectivity index (χ2v) is 6.02. The molecule has 0 aliphatic carbocycles. The number of hydrogen-bond acceptors (Lipinski definition) is 4. The number of carbonyl (C=O) groups excluding carboxylic acids is 1. The zero-order valence-corrected chi connectivity index (χ0v) is 14.7. The highest BCUT2D eigenvalue weighted by molar-refractivity contribution is 5.92. The predicted molar refractivity (Wildman–Crippen MR) is 93.9 cm³/mol. The largest absolute Gasteiger partial charge is 0.349 e. The first kappa shape index (κ1) is 18.8. The average Bonchev–Trinajstić information content (AvgIpc) is 2.57. The zero-order chi connectivity index (χ0) is 18.4. The summed E-state index contributed by atoms with van der Waals surface area (Å²) in [7, 11) is 3.73. The quantitative estimate of drug-likeness (QED) is 0.830. The summed E-state index contributed by atoms with van der Waals surface area (Å²) < 4.78 is 14.7. The number of aryl methyl sites for hydroxylation is 1. The highest BCUT2D eigenvalue weighted by atomic mass is 19.1. The number of amides is 1. The Kier molecular flexibility index (Phi) is 6.41. The molecule has 0 spiro atoms. The van der Waals surface area contributed by atoms with Crippen LogP contribution in [0.2, 0.25) is 0 Å². The van der Waals surface area contributed by atoms with Gasteiger partial charge in [-0.05, 0) is 44.3 Å². The fourth-order valence-electron chi connectivity index (χ4n) is 2.53. The number of rotatable bonds is 7. The van der Waals surface area contributed by atoms with E-state index in [0.29, 0.717) is 13.1 Å². The Morgan fingerprint density at radius 2 is 2.08 bits per heavy atom. The molecule has 0 saturated carbocycles. The number of aromatic nitrogens is 2. The van der Waals surface area contributed by atoms with Gasteiger partial charge in [-0.15, -0.1) is 0 Å². The molecule has 6 nitrogen and oxygen atoms in total. The molecular formula is C18H23FN4O2. The number of nitrogens with zero attached hydrogens (tertiary/aromatic N) is 3. The van der Waals surface area contributed by atoms with E-state index in [1.54, 1.807) is 6.07 Å². The number of carbonyl (C=O) groups is 1. The van der Waals surface area contributed by atoms with Gasteiger partial charge in [-0.2, -0.15) is 5.10 Å². The minimum absolute atomic E-state index is 0.179. The number of hydrogen-bond donors (Lipinski definition) is 1. The molecule has 1 N–H and O–H groups in total. The molecule has 2 rings (SSSR count). The van der Waals surface area contributed by atoms with Crippen LogP contribution in [0.5, 0.6) is 0 Å². The molecule has 25 heavy (non-hydrogen) atoms. The van der Waals surface area contributed by atoms with E-state index in [1.165, 1.54) is 28.9 Å². The van der Waals surface area contributed by atoms with Crippen LogP contribution < -0.4 is 10.9 Å². The van der Waals surface area contributed by atoms with Crippen molar-refractivity contribution in [1.29, 1.82) is 0 Å². The Bertz CT molecular complexity index is 789. The molecule has 0 radical (unpaired) electrons. The second kappa shape index (κ2) is 8.53. The minimum atomic E-state index is -0.367. The fraction of sp³-hybridized carbons (Fsp3) is 0.389. The van der Waals surface area contributed by atoms with Crippen LogP contribution in [0.4, 0.5) is 4.39 Å². The maximum atomic E-state index is 13.5. The van der Waals surface area contributed by atoms with Crippen LogP contribution in [0, 0.1) is 5.82 Å². The first-order valence-corrected chi connectivity index (χ1v) is 8.20. The average molecular weight is 346 g/mol. The summed E-state index contributed by atoms with van der Waals surface area (Å²) in [6, 6.07) is 8.88. The zero-order valence-electron chi connectivity index (χ0n) is 14.7. The Morgan fingerprint density at radius 1 is 1.32 bits per heavy atom. The summed E-state index contributed by atoms with van der Waals surface area (Å²) in [6.45, 7) is 2.69. The number of halogens is 1. The van der Waals surface area contributed by atoms with Crippen molar-refractivity contribution in [1.82, 2.24) is 20.0 Å². The molecule has 0 bridgehead atoms. The molecule has 0 saturated heterocycles. The second-order valence-electron chi connectivity index (χ2n) is 6.02. The molecule has 0 aliphatic rings. The Morgan fingerprint density at radius 3 is 2.72 bits per heavy atom. The Balaban J connectivity index is 2.11. The van der Waals surface area contributed by atoms with Gasteiger partial charge in [0.15, 0.2) is 0 Å². The van der Waals surface area contributed by atoms with Crippen LogP contribution in [0.1, 0.15) is 35.4 Å². The van der Waals surface area contributed by atoms with Crippen LogP contribution in [-0.4, -0.2) is 41.2 Å². The Labute approximate surface area is 146 Å². The van der Waals surface area contributed by atoms with Gasteiger partial charge in [-0.1, -0.05) is 19.1 Å². The van der Waals surface area contributed by atoms with Gasteiger partial charge in [0.25, 0.3) is 11.5 Å². The molecule has 1 aromatic carbocycles. The van der Waals surface area contributed by atoms with E-state index in [2.05, 4.69) is 10.4 Å². The number of nitrogens with one attached hydrogen (secondary N) is 1. The lowest BCUT2D eigenvalue weighted by Crippen LogP contribution is -2.36. The topological polar surface area (TPSA) is 67.2 Å². The van der Waals surface area contributed by atoms with Gasteiger partial charge in [-0.3, -0.25) is 9.59 Å². The third-order valence-corrected chi connectivity index (χ3v) is 3.85. The molecule has 0 fully saturated rings. The van der Waals surface area contributed by atoms with Crippen molar-refractivity contribution in [2.45, 2.75) is 25.9 Å². The summed E-state index contributed by atoms with van der Waals surface area (Å²) >= 11 is 0. The molecule has 0 aliphatic heterocycles. The van der Waals surface area contributed by atoms with E-state index in [1.807, 2.05) is 32.0 Å². The van der Waals surface area contributed by atoms with E-state index < -0.39 is 0 Å². The van der Waals surface area contributed by atoms with Gasteiger partial charge in [0.1, 0.15) is 11.5 Å². The third-order valence-electron chi connectivity index (χ3n) is 3.85. The van der Waals surface area contributed by atoms with Crippen molar-refractivity contribution in [3.63, 3.8) is 0 Å². The SMILES string of the molecule is CCCn1nc(C(=O)NC[C@H](c2cccc(F)c2)N(C)C)ccc1=O. The maximum Gasteiger partial charge on any atom is 0.271 e. The maximum absolute atomic E-state index is 13.5. The van der Waals surface area contributed by atoms with Gasteiger partial charge in [0.2, 0.25) is 0 Å². The first-order chi connectivity index (χ1) is 11.9. The molecule has 7 heteroatoms. The Hall–Kier alpha value is -2.54. The molecular weight excluding hydrogens is 323 g/mol. The van der Waals surface area contributed by atoms with Crippen molar-refractivity contribution in [2.24, 2.45) is 0 Å². The van der Waals surface area contributed by atoms with Crippen LogP contribution in [0.15, 0.2) is 41.2 Å². The predicted octanol–water partition coefficient (Wildman–Crippen LogP) is 1.83. The standard InChI is InChI=1S/C18H23FN4O2/c1-4-10-23-17(24)9-8-15(21-23)18(25)20-12-16(22(2)3)13-6-5-7-14(19)11-13/h5-9,11,16H,4,10,12H2,1-3H3,(H,20,25)/t16-/m1/s1.